The number of imide groups is 1. The van der Waals surface area contributed by atoms with Gasteiger partial charge in [-0.1, -0.05) is 12.1 Å². The topological polar surface area (TPSA) is 110 Å². The molecule has 1 atom stereocenters. The van der Waals surface area contributed by atoms with Crippen LogP contribution in [-0.2, 0) is 9.84 Å². The van der Waals surface area contributed by atoms with Gasteiger partial charge in [-0.25, -0.2) is 8.42 Å². The van der Waals surface area contributed by atoms with Gasteiger partial charge < -0.3 is 14.6 Å². The number of methoxy groups -OCH3 is 1. The van der Waals surface area contributed by atoms with Crippen LogP contribution in [0.15, 0.2) is 36.4 Å². The summed E-state index contributed by atoms with van der Waals surface area (Å²) < 4.78 is 35.0. The van der Waals surface area contributed by atoms with E-state index in [9.17, 15) is 23.1 Å². The first-order valence-corrected chi connectivity index (χ1v) is 10.9. The molecule has 0 spiro atoms. The summed E-state index contributed by atoms with van der Waals surface area (Å²) >= 11 is 0. The van der Waals surface area contributed by atoms with Gasteiger partial charge in [-0.15, -0.1) is 0 Å². The number of aromatic hydroxyl groups is 1. The zero-order valence-electron chi connectivity index (χ0n) is 16.2. The summed E-state index contributed by atoms with van der Waals surface area (Å²) in [5.41, 5.74) is 0.301. The number of nitrogens with zero attached hydrogens (tertiary/aromatic N) is 1. The number of carbonyl (C=O) groups excluding carboxylic acids is 2. The van der Waals surface area contributed by atoms with Crippen molar-refractivity contribution in [3.63, 3.8) is 0 Å². The van der Waals surface area contributed by atoms with E-state index < -0.39 is 33.4 Å². The van der Waals surface area contributed by atoms with Crippen molar-refractivity contribution in [1.29, 1.82) is 0 Å². The van der Waals surface area contributed by atoms with E-state index >= 15 is 0 Å². The zero-order valence-corrected chi connectivity index (χ0v) is 17.0. The second-order valence-corrected chi connectivity index (χ2v) is 8.82. The monoisotopic (exact) mass is 419 g/mol. The average molecular weight is 419 g/mol. The zero-order chi connectivity index (χ0) is 21.3. The van der Waals surface area contributed by atoms with Gasteiger partial charge in [0, 0.05) is 6.26 Å². The highest BCUT2D eigenvalue weighted by molar-refractivity contribution is 7.90. The maximum atomic E-state index is 13.0. The standard InChI is InChI=1S/C20H21NO7S/c1-4-28-17-10-12(8-9-16(17)27-2)14(11-29(3,25)26)21-19(23)13-6-5-7-15(22)18(13)20(21)24/h5-10,14,22H,4,11H2,1-3H3/t14-/m0/s1. The van der Waals surface area contributed by atoms with Crippen molar-refractivity contribution in [1.82, 2.24) is 4.90 Å². The Morgan fingerprint density at radius 1 is 1.10 bits per heavy atom. The summed E-state index contributed by atoms with van der Waals surface area (Å²) in [6.45, 7) is 2.13. The SMILES string of the molecule is CCOc1cc([C@H](CS(C)(=O)=O)N2C(=O)c3cccc(O)c3C2=O)ccc1OC. The molecular weight excluding hydrogens is 398 g/mol. The summed E-state index contributed by atoms with van der Waals surface area (Å²) in [5.74, 6) is -1.41. The Hall–Kier alpha value is -3.07. The van der Waals surface area contributed by atoms with E-state index in [0.29, 0.717) is 23.7 Å². The lowest BCUT2D eigenvalue weighted by Crippen LogP contribution is -2.37. The fourth-order valence-corrected chi connectivity index (χ4v) is 4.26. The molecule has 0 saturated carbocycles. The third-order valence-corrected chi connectivity index (χ3v) is 5.49. The molecule has 2 aromatic rings. The van der Waals surface area contributed by atoms with Crippen LogP contribution in [0.1, 0.15) is 39.2 Å². The van der Waals surface area contributed by atoms with Gasteiger partial charge in [0.15, 0.2) is 11.5 Å². The maximum absolute atomic E-state index is 13.0. The minimum atomic E-state index is -3.57. The second kappa shape index (κ2) is 7.75. The van der Waals surface area contributed by atoms with Crippen molar-refractivity contribution in [2.24, 2.45) is 0 Å². The van der Waals surface area contributed by atoms with Gasteiger partial charge in [-0.05, 0) is 36.8 Å². The second-order valence-electron chi connectivity index (χ2n) is 6.63. The summed E-state index contributed by atoms with van der Waals surface area (Å²) in [6.07, 6.45) is 1.03. The van der Waals surface area contributed by atoms with Crippen molar-refractivity contribution in [2.75, 3.05) is 25.7 Å². The van der Waals surface area contributed by atoms with E-state index in [-0.39, 0.29) is 16.9 Å². The molecule has 0 unspecified atom stereocenters. The quantitative estimate of drug-likeness (QED) is 0.685. The Morgan fingerprint density at radius 2 is 1.83 bits per heavy atom. The van der Waals surface area contributed by atoms with Gasteiger partial charge in [0.05, 0.1) is 36.6 Å². The molecule has 0 fully saturated rings. The molecule has 2 aromatic carbocycles. The molecular formula is C20H21NO7S. The molecule has 8 nitrogen and oxygen atoms in total. The van der Waals surface area contributed by atoms with Crippen molar-refractivity contribution in [3.05, 3.63) is 53.1 Å². The van der Waals surface area contributed by atoms with Crippen LogP contribution >= 0.6 is 0 Å². The molecule has 0 bridgehead atoms. The molecule has 1 aliphatic heterocycles. The van der Waals surface area contributed by atoms with Crippen molar-refractivity contribution < 1.29 is 32.6 Å². The number of hydrogen-bond donors (Lipinski definition) is 1. The van der Waals surface area contributed by atoms with Gasteiger partial charge in [-0.2, -0.15) is 0 Å². The molecule has 1 heterocycles. The predicted octanol–water partition coefficient (Wildman–Crippen LogP) is 2.18. The van der Waals surface area contributed by atoms with Crippen LogP contribution in [0.5, 0.6) is 17.2 Å². The minimum Gasteiger partial charge on any atom is -0.507 e. The number of sulfone groups is 1. The molecule has 0 aliphatic carbocycles. The third kappa shape index (κ3) is 3.91. The summed E-state index contributed by atoms with van der Waals surface area (Å²) in [7, 11) is -2.10. The molecule has 154 valence electrons. The lowest BCUT2D eigenvalue weighted by molar-refractivity contribution is 0.0596. The Balaban J connectivity index is 2.13. The highest BCUT2D eigenvalue weighted by Crippen LogP contribution is 2.38. The van der Waals surface area contributed by atoms with E-state index in [0.717, 1.165) is 11.2 Å². The van der Waals surface area contributed by atoms with Crippen LogP contribution in [0.3, 0.4) is 0 Å². The summed E-state index contributed by atoms with van der Waals surface area (Å²) in [4.78, 5) is 26.8. The number of rotatable bonds is 7. The molecule has 3 rings (SSSR count). The largest absolute Gasteiger partial charge is 0.507 e. The maximum Gasteiger partial charge on any atom is 0.265 e. The van der Waals surface area contributed by atoms with Crippen LogP contribution < -0.4 is 9.47 Å². The number of ether oxygens (including phenoxy) is 2. The Labute approximate surface area is 168 Å². The first-order valence-electron chi connectivity index (χ1n) is 8.86. The molecule has 1 N–H and O–H groups in total. The normalized spacial score (nSPS) is 14.7. The van der Waals surface area contributed by atoms with Crippen molar-refractivity contribution in [2.45, 2.75) is 13.0 Å². The number of hydrogen-bond acceptors (Lipinski definition) is 7. The fraction of sp³-hybridized carbons (Fsp3) is 0.300. The van der Waals surface area contributed by atoms with Gasteiger partial charge in [0.1, 0.15) is 15.6 Å². The number of carbonyl (C=O) groups is 2. The Bertz CT molecular complexity index is 1080. The highest BCUT2D eigenvalue weighted by atomic mass is 32.2. The van der Waals surface area contributed by atoms with Crippen LogP contribution in [-0.4, -0.2) is 56.0 Å². The highest BCUT2D eigenvalue weighted by Gasteiger charge is 2.43. The average Bonchev–Trinajstić information content (AvgIpc) is 2.91. The number of fused-ring (bicyclic) bond motifs is 1. The Kier molecular flexibility index (Phi) is 5.52. The number of amides is 2. The van der Waals surface area contributed by atoms with E-state index in [2.05, 4.69) is 0 Å². The van der Waals surface area contributed by atoms with Gasteiger partial charge in [0.25, 0.3) is 11.8 Å². The molecule has 0 saturated heterocycles. The van der Waals surface area contributed by atoms with E-state index in [1.54, 1.807) is 25.1 Å². The van der Waals surface area contributed by atoms with Crippen molar-refractivity contribution in [3.8, 4) is 17.2 Å². The molecule has 9 heteroatoms. The first-order chi connectivity index (χ1) is 13.7. The number of phenolic OH excluding ortho intramolecular Hbond substituents is 1. The van der Waals surface area contributed by atoms with E-state index in [1.165, 1.54) is 25.3 Å². The smallest absolute Gasteiger partial charge is 0.265 e. The van der Waals surface area contributed by atoms with E-state index in [4.69, 9.17) is 9.47 Å². The van der Waals surface area contributed by atoms with Crippen molar-refractivity contribution >= 4 is 21.7 Å². The molecule has 2 amide bonds. The number of phenols is 1. The lowest BCUT2D eigenvalue weighted by atomic mass is 10.1. The molecule has 29 heavy (non-hydrogen) atoms. The van der Waals surface area contributed by atoms with Crippen LogP contribution in [0, 0.1) is 0 Å². The van der Waals surface area contributed by atoms with Gasteiger partial charge >= 0.3 is 0 Å². The first kappa shape index (κ1) is 20.7. The Morgan fingerprint density at radius 3 is 2.41 bits per heavy atom. The minimum absolute atomic E-state index is 0.0343. The van der Waals surface area contributed by atoms with Crippen LogP contribution in [0.4, 0.5) is 0 Å². The predicted molar refractivity (Wildman–Crippen MR) is 105 cm³/mol. The lowest BCUT2D eigenvalue weighted by Gasteiger charge is -2.26. The number of benzene rings is 2. The third-order valence-electron chi connectivity index (χ3n) is 4.57. The fourth-order valence-electron chi connectivity index (χ4n) is 3.34. The molecule has 1 aliphatic rings. The molecule has 0 radical (unpaired) electrons. The van der Waals surface area contributed by atoms with Gasteiger partial charge in [-0.3, -0.25) is 14.5 Å². The van der Waals surface area contributed by atoms with Crippen LogP contribution in [0.25, 0.3) is 0 Å². The molecule has 0 aromatic heterocycles. The summed E-state index contributed by atoms with van der Waals surface area (Å²) in [5, 5.41) is 10.1. The summed E-state index contributed by atoms with van der Waals surface area (Å²) in [6, 6.07) is 7.82. The van der Waals surface area contributed by atoms with Gasteiger partial charge in [0.2, 0.25) is 0 Å². The van der Waals surface area contributed by atoms with Crippen LogP contribution in [0.2, 0.25) is 0 Å². The van der Waals surface area contributed by atoms with E-state index in [1.807, 2.05) is 0 Å².